The molecule has 0 radical (unpaired) electrons. The molecule has 1 fully saturated rings. The van der Waals surface area contributed by atoms with Gasteiger partial charge in [-0.3, -0.25) is 9.69 Å². The Morgan fingerprint density at radius 2 is 2.15 bits per heavy atom. The van der Waals surface area contributed by atoms with E-state index in [0.29, 0.717) is 19.6 Å². The Labute approximate surface area is 160 Å². The summed E-state index contributed by atoms with van der Waals surface area (Å²) in [5.41, 5.74) is 2.57. The second kappa shape index (κ2) is 8.79. The molecule has 0 N–H and O–H groups in total. The Morgan fingerprint density at radius 1 is 1.38 bits per heavy atom. The first-order valence-corrected chi connectivity index (χ1v) is 10.1. The van der Waals surface area contributed by atoms with Crippen molar-refractivity contribution in [3.05, 3.63) is 35.1 Å². The standard InChI is InChI=1S/C17H21FN4O2S2/c1-12(26-17-20-19-11-25-17)16(23)22-7-5-21(6-8-22)10-13-3-4-15(24-2)14(18)9-13/h3-4,9,11-12H,5-8,10H2,1-2H3/t12-/m1/s1. The number of methoxy groups -OCH3 is 1. The molecule has 1 aliphatic rings. The van der Waals surface area contributed by atoms with Crippen LogP contribution in [0.2, 0.25) is 0 Å². The quantitative estimate of drug-likeness (QED) is 0.700. The van der Waals surface area contributed by atoms with Crippen LogP contribution in [0.3, 0.4) is 0 Å². The molecule has 1 saturated heterocycles. The minimum absolute atomic E-state index is 0.125. The number of aromatic nitrogens is 2. The van der Waals surface area contributed by atoms with Crippen molar-refractivity contribution in [2.24, 2.45) is 0 Å². The summed E-state index contributed by atoms with van der Waals surface area (Å²) in [4.78, 5) is 16.7. The van der Waals surface area contributed by atoms with Gasteiger partial charge in [-0.25, -0.2) is 4.39 Å². The van der Waals surface area contributed by atoms with E-state index in [1.54, 1.807) is 11.6 Å². The van der Waals surface area contributed by atoms with E-state index < -0.39 is 0 Å². The van der Waals surface area contributed by atoms with E-state index in [-0.39, 0.29) is 22.7 Å². The van der Waals surface area contributed by atoms with Gasteiger partial charge in [-0.05, 0) is 24.6 Å². The van der Waals surface area contributed by atoms with Crippen molar-refractivity contribution in [1.82, 2.24) is 20.0 Å². The zero-order chi connectivity index (χ0) is 18.5. The lowest BCUT2D eigenvalue weighted by molar-refractivity contribution is -0.132. The molecule has 0 spiro atoms. The monoisotopic (exact) mass is 396 g/mol. The SMILES string of the molecule is COc1ccc(CN2CCN(C(=O)[C@@H](C)Sc3nncs3)CC2)cc1F. The molecule has 140 valence electrons. The molecule has 26 heavy (non-hydrogen) atoms. The maximum atomic E-state index is 13.8. The molecular weight excluding hydrogens is 375 g/mol. The molecule has 0 aliphatic carbocycles. The van der Waals surface area contributed by atoms with Gasteiger partial charge in [-0.15, -0.1) is 10.2 Å². The molecule has 2 heterocycles. The predicted molar refractivity (Wildman–Crippen MR) is 100 cm³/mol. The number of carbonyl (C=O) groups excluding carboxylic acids is 1. The van der Waals surface area contributed by atoms with Gasteiger partial charge in [0.05, 0.1) is 12.4 Å². The zero-order valence-corrected chi connectivity index (χ0v) is 16.4. The maximum absolute atomic E-state index is 13.8. The molecule has 1 aromatic carbocycles. The first-order valence-electron chi connectivity index (χ1n) is 8.33. The third kappa shape index (κ3) is 4.72. The highest BCUT2D eigenvalue weighted by Gasteiger charge is 2.26. The summed E-state index contributed by atoms with van der Waals surface area (Å²) in [6, 6.07) is 5.04. The highest BCUT2D eigenvalue weighted by atomic mass is 32.2. The van der Waals surface area contributed by atoms with E-state index >= 15 is 0 Å². The summed E-state index contributed by atoms with van der Waals surface area (Å²) in [5.74, 6) is 0.0350. The van der Waals surface area contributed by atoms with Crippen molar-refractivity contribution in [1.29, 1.82) is 0 Å². The van der Waals surface area contributed by atoms with Crippen LogP contribution < -0.4 is 4.74 Å². The molecule has 2 aromatic rings. The number of hydrogen-bond donors (Lipinski definition) is 0. The lowest BCUT2D eigenvalue weighted by atomic mass is 10.1. The van der Waals surface area contributed by atoms with E-state index in [4.69, 9.17) is 4.74 Å². The van der Waals surface area contributed by atoms with Crippen molar-refractivity contribution >= 4 is 29.0 Å². The Kier molecular flexibility index (Phi) is 6.44. The van der Waals surface area contributed by atoms with Crippen molar-refractivity contribution in [3.8, 4) is 5.75 Å². The number of carbonyl (C=O) groups is 1. The number of ether oxygens (including phenoxy) is 1. The van der Waals surface area contributed by atoms with Gasteiger partial charge in [0.15, 0.2) is 15.9 Å². The number of rotatable bonds is 6. The Morgan fingerprint density at radius 3 is 2.77 bits per heavy atom. The second-order valence-corrected chi connectivity index (χ2v) is 8.46. The number of halogens is 1. The van der Waals surface area contributed by atoms with Crippen molar-refractivity contribution in [2.45, 2.75) is 23.1 Å². The third-order valence-corrected chi connectivity index (χ3v) is 6.17. The van der Waals surface area contributed by atoms with Gasteiger partial charge in [0.2, 0.25) is 5.91 Å². The normalized spacial score (nSPS) is 16.5. The molecule has 9 heteroatoms. The van der Waals surface area contributed by atoms with Gasteiger partial charge in [-0.1, -0.05) is 29.2 Å². The van der Waals surface area contributed by atoms with Crippen LogP contribution in [0.25, 0.3) is 0 Å². The minimum atomic E-state index is -0.346. The maximum Gasteiger partial charge on any atom is 0.235 e. The zero-order valence-electron chi connectivity index (χ0n) is 14.7. The Hall–Kier alpha value is -1.71. The summed E-state index contributed by atoms with van der Waals surface area (Å²) in [7, 11) is 1.46. The van der Waals surface area contributed by atoms with Gasteiger partial charge in [0.1, 0.15) is 5.51 Å². The predicted octanol–water partition coefficient (Wildman–Crippen LogP) is 2.51. The van der Waals surface area contributed by atoms with Crippen LogP contribution in [0.15, 0.2) is 28.0 Å². The second-order valence-electron chi connectivity index (χ2n) is 6.04. The van der Waals surface area contributed by atoms with Crippen LogP contribution >= 0.6 is 23.1 Å². The molecule has 0 unspecified atom stereocenters. The van der Waals surface area contributed by atoms with Gasteiger partial charge in [0.25, 0.3) is 0 Å². The Bertz CT molecular complexity index is 736. The van der Waals surface area contributed by atoms with E-state index in [0.717, 1.165) is 23.0 Å². The largest absolute Gasteiger partial charge is 0.494 e. The van der Waals surface area contributed by atoms with E-state index in [2.05, 4.69) is 15.1 Å². The third-order valence-electron chi connectivity index (χ3n) is 4.27. The van der Waals surface area contributed by atoms with Crippen LogP contribution in [0, 0.1) is 5.82 Å². The summed E-state index contributed by atoms with van der Waals surface area (Å²) in [6.45, 7) is 5.47. The van der Waals surface area contributed by atoms with Gasteiger partial charge >= 0.3 is 0 Å². The molecular formula is C17H21FN4O2S2. The molecule has 3 rings (SSSR count). The van der Waals surface area contributed by atoms with Gasteiger partial charge < -0.3 is 9.64 Å². The highest BCUT2D eigenvalue weighted by Crippen LogP contribution is 2.26. The van der Waals surface area contributed by atoms with Gasteiger partial charge in [0, 0.05) is 32.7 Å². The van der Waals surface area contributed by atoms with Crippen LogP contribution in [0.1, 0.15) is 12.5 Å². The van der Waals surface area contributed by atoms with Crippen LogP contribution in [-0.4, -0.2) is 64.4 Å². The average Bonchev–Trinajstić information content (AvgIpc) is 3.15. The number of amides is 1. The number of nitrogens with zero attached hydrogens (tertiary/aromatic N) is 4. The molecule has 1 amide bonds. The van der Waals surface area contributed by atoms with Crippen LogP contribution in [0.4, 0.5) is 4.39 Å². The van der Waals surface area contributed by atoms with E-state index in [1.807, 2.05) is 17.9 Å². The lowest BCUT2D eigenvalue weighted by Gasteiger charge is -2.35. The summed E-state index contributed by atoms with van der Waals surface area (Å²) < 4.78 is 19.6. The average molecular weight is 397 g/mol. The molecule has 0 bridgehead atoms. The fourth-order valence-electron chi connectivity index (χ4n) is 2.87. The first kappa shape index (κ1) is 19.1. The molecule has 1 atom stereocenters. The minimum Gasteiger partial charge on any atom is -0.494 e. The summed E-state index contributed by atoms with van der Waals surface area (Å²) >= 11 is 2.89. The van der Waals surface area contributed by atoms with Gasteiger partial charge in [-0.2, -0.15) is 0 Å². The molecule has 1 aliphatic heterocycles. The molecule has 0 saturated carbocycles. The molecule has 1 aromatic heterocycles. The summed E-state index contributed by atoms with van der Waals surface area (Å²) in [5, 5.41) is 7.59. The van der Waals surface area contributed by atoms with E-state index in [1.165, 1.54) is 36.3 Å². The molecule has 6 nitrogen and oxygen atoms in total. The number of piperazine rings is 1. The highest BCUT2D eigenvalue weighted by molar-refractivity contribution is 8.02. The number of hydrogen-bond acceptors (Lipinski definition) is 7. The van der Waals surface area contributed by atoms with Crippen molar-refractivity contribution in [3.63, 3.8) is 0 Å². The summed E-state index contributed by atoms with van der Waals surface area (Å²) in [6.07, 6.45) is 0. The smallest absolute Gasteiger partial charge is 0.235 e. The van der Waals surface area contributed by atoms with Crippen LogP contribution in [0.5, 0.6) is 5.75 Å². The topological polar surface area (TPSA) is 58.6 Å². The van der Waals surface area contributed by atoms with E-state index in [9.17, 15) is 9.18 Å². The van der Waals surface area contributed by atoms with Crippen LogP contribution in [-0.2, 0) is 11.3 Å². The fourth-order valence-corrected chi connectivity index (χ4v) is 4.58. The van der Waals surface area contributed by atoms with Crippen molar-refractivity contribution < 1.29 is 13.9 Å². The first-order chi connectivity index (χ1) is 12.6. The number of benzene rings is 1. The van der Waals surface area contributed by atoms with Crippen molar-refractivity contribution in [2.75, 3.05) is 33.3 Å². The Balaban J connectivity index is 1.49. The lowest BCUT2D eigenvalue weighted by Crippen LogP contribution is -2.50. The number of thioether (sulfide) groups is 1. The fraction of sp³-hybridized carbons (Fsp3) is 0.471.